The van der Waals surface area contributed by atoms with Gasteiger partial charge in [0.15, 0.2) is 0 Å². The Hall–Kier alpha value is -0.670. The summed E-state index contributed by atoms with van der Waals surface area (Å²) >= 11 is 11.7. The number of methoxy groups -OCH3 is 1. The number of ether oxygens (including phenoxy) is 1. The van der Waals surface area contributed by atoms with Crippen LogP contribution in [0.3, 0.4) is 0 Å². The summed E-state index contributed by atoms with van der Waals surface area (Å²) in [6.07, 6.45) is 0. The summed E-state index contributed by atoms with van der Waals surface area (Å²) in [5.74, 6) is 2.12. The monoisotopic (exact) mass is 347 g/mol. The van der Waals surface area contributed by atoms with E-state index >= 15 is 0 Å². The largest absolute Gasteiger partial charge is 0.497 e. The molecular formula is C16H20Cl3NO. The highest BCUT2D eigenvalue weighted by atomic mass is 35.5. The van der Waals surface area contributed by atoms with Crippen LogP contribution >= 0.6 is 35.6 Å². The second kappa shape index (κ2) is 9.37. The normalized spacial score (nSPS) is 10.7. The van der Waals surface area contributed by atoms with Gasteiger partial charge in [0.05, 0.1) is 7.11 Å². The minimum atomic E-state index is 0. The fourth-order valence-corrected chi connectivity index (χ4v) is 2.82. The Bertz CT molecular complexity index is 556. The first-order valence-electron chi connectivity index (χ1n) is 6.68. The maximum Gasteiger partial charge on any atom is 0.119 e. The molecule has 21 heavy (non-hydrogen) atoms. The molecule has 0 aliphatic carbocycles. The second-order valence-electron chi connectivity index (χ2n) is 4.66. The van der Waals surface area contributed by atoms with Crippen molar-refractivity contribution in [2.45, 2.75) is 6.54 Å². The minimum Gasteiger partial charge on any atom is -0.497 e. The van der Waals surface area contributed by atoms with Crippen LogP contribution in [0.15, 0.2) is 36.4 Å². The molecule has 0 bridgehead atoms. The van der Waals surface area contributed by atoms with Gasteiger partial charge in [-0.15, -0.1) is 35.6 Å². The molecule has 0 fully saturated rings. The van der Waals surface area contributed by atoms with E-state index in [0.29, 0.717) is 11.8 Å². The van der Waals surface area contributed by atoms with Crippen molar-refractivity contribution in [3.63, 3.8) is 0 Å². The number of halogens is 3. The maximum absolute atomic E-state index is 5.85. The van der Waals surface area contributed by atoms with Gasteiger partial charge in [-0.25, -0.2) is 0 Å². The van der Waals surface area contributed by atoms with E-state index in [1.165, 1.54) is 16.3 Å². The summed E-state index contributed by atoms with van der Waals surface area (Å²) < 4.78 is 5.28. The van der Waals surface area contributed by atoms with Gasteiger partial charge in [-0.2, -0.15) is 0 Å². The number of alkyl halides is 2. The van der Waals surface area contributed by atoms with Crippen LogP contribution in [0.5, 0.6) is 5.75 Å². The summed E-state index contributed by atoms with van der Waals surface area (Å²) in [6, 6.07) is 12.5. The highest BCUT2D eigenvalue weighted by Gasteiger charge is 2.08. The number of fused-ring (bicyclic) bond motifs is 1. The molecule has 0 radical (unpaired) electrons. The van der Waals surface area contributed by atoms with E-state index in [-0.39, 0.29) is 12.4 Å². The van der Waals surface area contributed by atoms with E-state index < -0.39 is 0 Å². The summed E-state index contributed by atoms with van der Waals surface area (Å²) in [6.45, 7) is 2.56. The summed E-state index contributed by atoms with van der Waals surface area (Å²) in [4.78, 5) is 2.28. The first-order chi connectivity index (χ1) is 9.78. The lowest BCUT2D eigenvalue weighted by molar-refractivity contribution is 0.300. The molecule has 0 unspecified atom stereocenters. The van der Waals surface area contributed by atoms with Gasteiger partial charge in [0.1, 0.15) is 5.75 Å². The van der Waals surface area contributed by atoms with Crippen molar-refractivity contribution in [1.82, 2.24) is 4.90 Å². The number of hydrogen-bond acceptors (Lipinski definition) is 2. The average molecular weight is 349 g/mol. The molecule has 0 heterocycles. The molecule has 2 nitrogen and oxygen atoms in total. The fraction of sp³-hybridized carbons (Fsp3) is 0.375. The first-order valence-corrected chi connectivity index (χ1v) is 7.75. The van der Waals surface area contributed by atoms with Crippen molar-refractivity contribution in [1.29, 1.82) is 0 Å². The highest BCUT2D eigenvalue weighted by molar-refractivity contribution is 6.18. The zero-order valence-corrected chi connectivity index (χ0v) is 14.3. The summed E-state index contributed by atoms with van der Waals surface area (Å²) in [5, 5.41) is 2.45. The van der Waals surface area contributed by atoms with Crippen LogP contribution in [0.25, 0.3) is 10.8 Å². The number of rotatable bonds is 7. The van der Waals surface area contributed by atoms with Gasteiger partial charge < -0.3 is 4.74 Å². The molecule has 5 heteroatoms. The van der Waals surface area contributed by atoms with Crippen molar-refractivity contribution < 1.29 is 4.74 Å². The molecule has 0 saturated carbocycles. The quantitative estimate of drug-likeness (QED) is 0.681. The molecule has 0 N–H and O–H groups in total. The van der Waals surface area contributed by atoms with E-state index in [0.717, 1.165) is 25.4 Å². The lowest BCUT2D eigenvalue weighted by atomic mass is 10.0. The van der Waals surface area contributed by atoms with Crippen LogP contribution in [0.2, 0.25) is 0 Å². The van der Waals surface area contributed by atoms with E-state index in [1.54, 1.807) is 7.11 Å². The standard InChI is InChI=1S/C16H19Cl2NO.ClH/c1-20-15-5-6-16-13(11-15)3-2-4-14(16)12-19(9-7-17)10-8-18;/h2-6,11H,7-10,12H2,1H3;1H. The minimum absolute atomic E-state index is 0. The number of nitrogens with zero attached hydrogens (tertiary/aromatic N) is 1. The van der Waals surface area contributed by atoms with Crippen LogP contribution in [0.4, 0.5) is 0 Å². The Morgan fingerprint density at radius 3 is 2.38 bits per heavy atom. The van der Waals surface area contributed by atoms with Gasteiger partial charge in [-0.3, -0.25) is 4.90 Å². The molecule has 0 aliphatic heterocycles. The van der Waals surface area contributed by atoms with Gasteiger partial charge in [-0.1, -0.05) is 24.3 Å². The zero-order valence-electron chi connectivity index (χ0n) is 12.0. The van der Waals surface area contributed by atoms with Crippen molar-refractivity contribution in [2.24, 2.45) is 0 Å². The van der Waals surface area contributed by atoms with E-state index in [2.05, 4.69) is 35.2 Å². The molecule has 0 amide bonds. The highest BCUT2D eigenvalue weighted by Crippen LogP contribution is 2.24. The second-order valence-corrected chi connectivity index (χ2v) is 5.41. The molecule has 0 saturated heterocycles. The molecule has 2 aromatic rings. The third kappa shape index (κ3) is 4.93. The Labute approximate surface area is 142 Å². The smallest absolute Gasteiger partial charge is 0.119 e. The van der Waals surface area contributed by atoms with E-state index in [1.807, 2.05) is 6.07 Å². The van der Waals surface area contributed by atoms with Crippen LogP contribution in [0.1, 0.15) is 5.56 Å². The third-order valence-corrected chi connectivity index (χ3v) is 3.71. The number of hydrogen-bond donors (Lipinski definition) is 0. The summed E-state index contributed by atoms with van der Waals surface area (Å²) in [7, 11) is 1.69. The average Bonchev–Trinajstić information content (AvgIpc) is 2.47. The van der Waals surface area contributed by atoms with Crippen molar-refractivity contribution in [3.8, 4) is 5.75 Å². The maximum atomic E-state index is 5.85. The first kappa shape index (κ1) is 18.4. The zero-order chi connectivity index (χ0) is 14.4. The fourth-order valence-electron chi connectivity index (χ4n) is 2.34. The topological polar surface area (TPSA) is 12.5 Å². The predicted molar refractivity (Wildman–Crippen MR) is 94.5 cm³/mol. The molecule has 0 aliphatic rings. The Balaban J connectivity index is 0.00000220. The van der Waals surface area contributed by atoms with Crippen LogP contribution in [-0.4, -0.2) is 36.9 Å². The molecule has 0 spiro atoms. The molecule has 0 atom stereocenters. The van der Waals surface area contributed by atoms with Crippen LogP contribution in [-0.2, 0) is 6.54 Å². The van der Waals surface area contributed by atoms with Gasteiger partial charge in [0.25, 0.3) is 0 Å². The van der Waals surface area contributed by atoms with Gasteiger partial charge in [0, 0.05) is 31.4 Å². The molecule has 2 aromatic carbocycles. The van der Waals surface area contributed by atoms with Crippen molar-refractivity contribution in [2.75, 3.05) is 32.0 Å². The van der Waals surface area contributed by atoms with Crippen molar-refractivity contribution in [3.05, 3.63) is 42.0 Å². The van der Waals surface area contributed by atoms with Crippen molar-refractivity contribution >= 4 is 46.4 Å². The third-order valence-electron chi connectivity index (χ3n) is 3.37. The van der Waals surface area contributed by atoms with Gasteiger partial charge in [-0.05, 0) is 28.5 Å². The Morgan fingerprint density at radius 1 is 1.05 bits per heavy atom. The number of benzene rings is 2. The van der Waals surface area contributed by atoms with Gasteiger partial charge >= 0.3 is 0 Å². The van der Waals surface area contributed by atoms with E-state index in [4.69, 9.17) is 27.9 Å². The molecule has 2 rings (SSSR count). The Kier molecular flexibility index (Phi) is 8.20. The molecular weight excluding hydrogens is 329 g/mol. The van der Waals surface area contributed by atoms with Crippen LogP contribution in [0, 0.1) is 0 Å². The SMILES string of the molecule is COc1ccc2c(CN(CCCl)CCCl)cccc2c1.Cl. The lowest BCUT2D eigenvalue weighted by Gasteiger charge is -2.21. The predicted octanol–water partition coefficient (Wildman–Crippen LogP) is 4.55. The van der Waals surface area contributed by atoms with Gasteiger partial charge in [0.2, 0.25) is 0 Å². The van der Waals surface area contributed by atoms with Crippen LogP contribution < -0.4 is 4.74 Å². The summed E-state index contributed by atoms with van der Waals surface area (Å²) in [5.41, 5.74) is 1.29. The van der Waals surface area contributed by atoms with E-state index in [9.17, 15) is 0 Å². The molecule has 116 valence electrons. The molecule has 0 aromatic heterocycles. The lowest BCUT2D eigenvalue weighted by Crippen LogP contribution is -2.27. The Morgan fingerprint density at radius 2 is 1.76 bits per heavy atom.